The summed E-state index contributed by atoms with van der Waals surface area (Å²) in [7, 11) is 0. The van der Waals surface area contributed by atoms with Gasteiger partial charge in [-0.2, -0.15) is 0 Å². The number of rotatable bonds is 6. The van der Waals surface area contributed by atoms with Gasteiger partial charge in [-0.1, -0.05) is 48.5 Å². The number of hydrazine groups is 1. The van der Waals surface area contributed by atoms with E-state index in [2.05, 4.69) is 5.43 Å². The second-order valence-corrected chi connectivity index (χ2v) is 7.43. The summed E-state index contributed by atoms with van der Waals surface area (Å²) in [5, 5.41) is 10.8. The summed E-state index contributed by atoms with van der Waals surface area (Å²) in [6.07, 6.45) is 1.13. The first-order valence-electron chi connectivity index (χ1n) is 10.1. The number of nitrogens with one attached hydrogen (secondary N) is 1. The van der Waals surface area contributed by atoms with Crippen LogP contribution < -0.4 is 5.43 Å². The van der Waals surface area contributed by atoms with Crippen molar-refractivity contribution in [2.75, 3.05) is 6.54 Å². The Labute approximate surface area is 180 Å². The Morgan fingerprint density at radius 2 is 1.68 bits per heavy atom. The Kier molecular flexibility index (Phi) is 7.02. The number of likely N-dealkylation sites (tertiary alicyclic amines) is 1. The van der Waals surface area contributed by atoms with Crippen molar-refractivity contribution < 1.29 is 24.3 Å². The van der Waals surface area contributed by atoms with Crippen LogP contribution in [-0.4, -0.2) is 57.3 Å². The zero-order valence-electron chi connectivity index (χ0n) is 17.2. The third-order valence-electron chi connectivity index (χ3n) is 5.30. The highest BCUT2D eigenvalue weighted by Gasteiger charge is 2.37. The van der Waals surface area contributed by atoms with E-state index in [1.54, 1.807) is 54.6 Å². The molecule has 0 bridgehead atoms. The molecule has 1 aliphatic heterocycles. The zero-order chi connectivity index (χ0) is 22.4. The first-order valence-corrected chi connectivity index (χ1v) is 10.1. The molecule has 3 rings (SSSR count). The minimum atomic E-state index is -1.33. The van der Waals surface area contributed by atoms with Crippen molar-refractivity contribution in [3.63, 3.8) is 0 Å². The number of carboxylic acid groups (broad SMARTS) is 1. The molecule has 8 heteroatoms. The van der Waals surface area contributed by atoms with E-state index in [1.165, 1.54) is 11.8 Å². The molecular weight excluding hydrogens is 398 g/mol. The molecule has 3 amide bonds. The molecule has 2 aromatic carbocycles. The van der Waals surface area contributed by atoms with Crippen molar-refractivity contribution in [1.29, 1.82) is 0 Å². The van der Waals surface area contributed by atoms with Gasteiger partial charge in [0.1, 0.15) is 6.04 Å². The molecule has 1 heterocycles. The molecule has 0 radical (unpaired) electrons. The number of nitrogens with zero attached hydrogens (tertiary/aromatic N) is 2. The number of carboxylic acids is 1. The fourth-order valence-corrected chi connectivity index (χ4v) is 3.73. The summed E-state index contributed by atoms with van der Waals surface area (Å²) in [6.45, 7) is 1.83. The molecule has 0 aliphatic carbocycles. The topological polar surface area (TPSA) is 107 Å². The second-order valence-electron chi connectivity index (χ2n) is 7.43. The van der Waals surface area contributed by atoms with Gasteiger partial charge in [-0.3, -0.25) is 19.8 Å². The monoisotopic (exact) mass is 423 g/mol. The minimum Gasteiger partial charge on any atom is -0.480 e. The lowest BCUT2D eigenvalue weighted by Crippen LogP contribution is -2.59. The van der Waals surface area contributed by atoms with Gasteiger partial charge in [0.05, 0.1) is 0 Å². The summed E-state index contributed by atoms with van der Waals surface area (Å²) in [5.74, 6) is -2.69. The summed E-state index contributed by atoms with van der Waals surface area (Å²) in [4.78, 5) is 51.6. The van der Waals surface area contributed by atoms with Crippen LogP contribution in [0.4, 0.5) is 0 Å². The number of hydrogen-bond acceptors (Lipinski definition) is 4. The molecule has 2 aromatic rings. The van der Waals surface area contributed by atoms with Gasteiger partial charge in [0.2, 0.25) is 5.91 Å². The molecule has 8 nitrogen and oxygen atoms in total. The molecule has 2 atom stereocenters. The van der Waals surface area contributed by atoms with E-state index in [-0.39, 0.29) is 17.9 Å². The number of amides is 3. The molecule has 162 valence electrons. The maximum Gasteiger partial charge on any atom is 0.328 e. The predicted molar refractivity (Wildman–Crippen MR) is 113 cm³/mol. The van der Waals surface area contributed by atoms with Crippen LogP contribution in [0.2, 0.25) is 0 Å². The Morgan fingerprint density at radius 1 is 1.06 bits per heavy atom. The van der Waals surface area contributed by atoms with E-state index in [9.17, 15) is 24.3 Å². The smallest absolute Gasteiger partial charge is 0.328 e. The van der Waals surface area contributed by atoms with Crippen LogP contribution in [0.25, 0.3) is 0 Å². The van der Waals surface area contributed by atoms with Crippen molar-refractivity contribution >= 4 is 23.7 Å². The van der Waals surface area contributed by atoms with Crippen LogP contribution in [0.3, 0.4) is 0 Å². The average Bonchev–Trinajstić information content (AvgIpc) is 3.27. The van der Waals surface area contributed by atoms with Gasteiger partial charge >= 0.3 is 5.97 Å². The first kappa shape index (κ1) is 22.0. The fourth-order valence-electron chi connectivity index (χ4n) is 3.73. The molecule has 1 saturated heterocycles. The standard InChI is InChI=1S/C23H25N3O5/c1-16(27)25-14-8-13-19(25)21(28)24-26(22(29)18-11-6-3-7-12-18)20(23(30)31)15-17-9-4-2-5-10-17/h2-7,9-12,19-20H,8,13-15H2,1H3,(H,24,28)(H,30,31)/t19-,20-/m0/s1. The molecule has 2 N–H and O–H groups in total. The molecule has 1 aliphatic rings. The Bertz CT molecular complexity index is 948. The number of benzene rings is 2. The van der Waals surface area contributed by atoms with Gasteiger partial charge in [-0.05, 0) is 30.5 Å². The van der Waals surface area contributed by atoms with Crippen LogP contribution in [-0.2, 0) is 20.8 Å². The van der Waals surface area contributed by atoms with E-state index in [1.807, 2.05) is 6.07 Å². The van der Waals surface area contributed by atoms with Crippen molar-refractivity contribution in [1.82, 2.24) is 15.3 Å². The summed E-state index contributed by atoms with van der Waals surface area (Å²) < 4.78 is 0. The lowest BCUT2D eigenvalue weighted by Gasteiger charge is -2.32. The van der Waals surface area contributed by atoms with Gasteiger partial charge < -0.3 is 10.0 Å². The predicted octanol–water partition coefficient (Wildman–Crippen LogP) is 1.87. The number of carbonyl (C=O) groups excluding carboxylic acids is 3. The summed E-state index contributed by atoms with van der Waals surface area (Å²) in [5.41, 5.74) is 3.47. The van der Waals surface area contributed by atoms with E-state index in [0.717, 1.165) is 5.01 Å². The van der Waals surface area contributed by atoms with E-state index in [0.29, 0.717) is 24.9 Å². The van der Waals surface area contributed by atoms with Gasteiger partial charge in [0, 0.05) is 25.5 Å². The summed E-state index contributed by atoms with van der Waals surface area (Å²) in [6, 6.07) is 15.0. The maximum atomic E-state index is 13.2. The lowest BCUT2D eigenvalue weighted by molar-refractivity contribution is -0.146. The fraction of sp³-hybridized carbons (Fsp3) is 0.304. The van der Waals surface area contributed by atoms with Gasteiger partial charge in [0.25, 0.3) is 11.8 Å². The van der Waals surface area contributed by atoms with E-state index in [4.69, 9.17) is 0 Å². The molecule has 1 fully saturated rings. The molecule has 0 unspecified atom stereocenters. The SMILES string of the molecule is CC(=O)N1CCC[C@H]1C(=O)NN(C(=O)c1ccccc1)[C@@H](Cc1ccccc1)C(=O)O. The highest BCUT2D eigenvalue weighted by atomic mass is 16.4. The van der Waals surface area contributed by atoms with Crippen LogP contribution in [0.15, 0.2) is 60.7 Å². The van der Waals surface area contributed by atoms with Gasteiger partial charge in [0.15, 0.2) is 6.04 Å². The lowest BCUT2D eigenvalue weighted by atomic mass is 10.0. The van der Waals surface area contributed by atoms with Crippen LogP contribution in [0.5, 0.6) is 0 Å². The second kappa shape index (κ2) is 9.88. The molecule has 0 spiro atoms. The first-order chi connectivity index (χ1) is 14.9. The highest BCUT2D eigenvalue weighted by molar-refractivity contribution is 5.98. The zero-order valence-corrected chi connectivity index (χ0v) is 17.2. The molecule has 0 aromatic heterocycles. The number of aliphatic carboxylic acids is 1. The third kappa shape index (κ3) is 5.28. The van der Waals surface area contributed by atoms with Crippen LogP contribution >= 0.6 is 0 Å². The molecule has 0 saturated carbocycles. The third-order valence-corrected chi connectivity index (χ3v) is 5.30. The van der Waals surface area contributed by atoms with E-state index >= 15 is 0 Å². The van der Waals surface area contributed by atoms with Crippen LogP contribution in [0, 0.1) is 0 Å². The Morgan fingerprint density at radius 3 is 2.26 bits per heavy atom. The highest BCUT2D eigenvalue weighted by Crippen LogP contribution is 2.19. The maximum absolute atomic E-state index is 13.2. The van der Waals surface area contributed by atoms with Crippen molar-refractivity contribution in [2.24, 2.45) is 0 Å². The average molecular weight is 423 g/mol. The molecule has 31 heavy (non-hydrogen) atoms. The van der Waals surface area contributed by atoms with Crippen molar-refractivity contribution in [3.05, 3.63) is 71.8 Å². The molecular formula is C23H25N3O5. The summed E-state index contributed by atoms with van der Waals surface area (Å²) >= 11 is 0. The van der Waals surface area contributed by atoms with Gasteiger partial charge in [-0.15, -0.1) is 0 Å². The van der Waals surface area contributed by atoms with E-state index < -0.39 is 29.9 Å². The van der Waals surface area contributed by atoms with Gasteiger partial charge in [-0.25, -0.2) is 9.80 Å². The number of hydrogen-bond donors (Lipinski definition) is 2. The quantitative estimate of drug-likeness (QED) is 0.690. The minimum absolute atomic E-state index is 0.0100. The largest absolute Gasteiger partial charge is 0.480 e. The Balaban J connectivity index is 1.91. The Hall–Kier alpha value is -3.68. The number of carbonyl (C=O) groups is 4. The van der Waals surface area contributed by atoms with Crippen LogP contribution in [0.1, 0.15) is 35.7 Å². The van der Waals surface area contributed by atoms with Crippen molar-refractivity contribution in [2.45, 2.75) is 38.3 Å². The van der Waals surface area contributed by atoms with Crippen molar-refractivity contribution in [3.8, 4) is 0 Å². The normalized spacial score (nSPS) is 16.4.